The van der Waals surface area contributed by atoms with E-state index in [2.05, 4.69) is 0 Å². The lowest BCUT2D eigenvalue weighted by atomic mass is 10.1. The van der Waals surface area contributed by atoms with Crippen LogP contribution in [0.15, 0.2) is 12.1 Å². The molecule has 0 aromatic heterocycles. The molecule has 0 saturated heterocycles. The van der Waals surface area contributed by atoms with Crippen LogP contribution in [-0.4, -0.2) is 11.9 Å². The Labute approximate surface area is 70.5 Å². The molecule has 0 radical (unpaired) electrons. The van der Waals surface area contributed by atoms with Gasteiger partial charge in [0, 0.05) is 5.56 Å². The van der Waals surface area contributed by atoms with Crippen LogP contribution in [-0.2, 0) is 6.61 Å². The van der Waals surface area contributed by atoms with E-state index >= 15 is 0 Å². The summed E-state index contributed by atoms with van der Waals surface area (Å²) < 4.78 is 10.4. The number of aliphatic hydroxyl groups excluding tert-OH is 1. The van der Waals surface area contributed by atoms with Crippen LogP contribution in [0.3, 0.4) is 0 Å². The third-order valence-corrected chi connectivity index (χ3v) is 1.86. The number of benzene rings is 1. The molecule has 3 nitrogen and oxygen atoms in total. The molecule has 1 aliphatic heterocycles. The largest absolute Gasteiger partial charge is 0.454 e. The van der Waals surface area contributed by atoms with Crippen molar-refractivity contribution in [2.75, 3.05) is 6.79 Å². The molecule has 0 unspecified atom stereocenters. The van der Waals surface area contributed by atoms with Crippen molar-refractivity contribution in [2.24, 2.45) is 0 Å². The fraction of sp³-hybridized carbons (Fsp3) is 0.333. The predicted octanol–water partition coefficient (Wildman–Crippen LogP) is 1.22. The number of fused-ring (bicyclic) bond motifs is 1. The van der Waals surface area contributed by atoms with Crippen molar-refractivity contribution in [2.45, 2.75) is 13.5 Å². The van der Waals surface area contributed by atoms with Gasteiger partial charge in [0.25, 0.3) is 0 Å². The zero-order valence-electron chi connectivity index (χ0n) is 6.83. The van der Waals surface area contributed by atoms with Gasteiger partial charge in [0.1, 0.15) is 0 Å². The van der Waals surface area contributed by atoms with Crippen LogP contribution in [0.5, 0.6) is 11.5 Å². The highest BCUT2D eigenvalue weighted by atomic mass is 16.7. The van der Waals surface area contributed by atoms with Crippen LogP contribution in [0.25, 0.3) is 0 Å². The summed E-state index contributed by atoms with van der Waals surface area (Å²) in [6.07, 6.45) is 0. The Kier molecular flexibility index (Phi) is 1.66. The smallest absolute Gasteiger partial charge is 0.231 e. The van der Waals surface area contributed by atoms with Gasteiger partial charge >= 0.3 is 0 Å². The fourth-order valence-corrected chi connectivity index (χ4v) is 1.35. The van der Waals surface area contributed by atoms with Crippen molar-refractivity contribution in [3.63, 3.8) is 0 Å². The van der Waals surface area contributed by atoms with Crippen molar-refractivity contribution in [1.82, 2.24) is 0 Å². The summed E-state index contributed by atoms with van der Waals surface area (Å²) in [6.45, 7) is 2.21. The quantitative estimate of drug-likeness (QED) is 0.681. The first kappa shape index (κ1) is 7.43. The van der Waals surface area contributed by atoms with Crippen molar-refractivity contribution >= 4 is 0 Å². The molecule has 1 aromatic rings. The maximum atomic E-state index is 8.99. The summed E-state index contributed by atoms with van der Waals surface area (Å²) in [5.41, 5.74) is 1.87. The van der Waals surface area contributed by atoms with Crippen molar-refractivity contribution < 1.29 is 14.6 Å². The van der Waals surface area contributed by atoms with Crippen molar-refractivity contribution in [3.05, 3.63) is 23.3 Å². The van der Waals surface area contributed by atoms with E-state index in [1.807, 2.05) is 19.1 Å². The Hall–Kier alpha value is -1.22. The second-order valence-corrected chi connectivity index (χ2v) is 2.82. The minimum Gasteiger partial charge on any atom is -0.454 e. The molecule has 0 bridgehead atoms. The Morgan fingerprint density at radius 2 is 2.25 bits per heavy atom. The summed E-state index contributed by atoms with van der Waals surface area (Å²) in [5, 5.41) is 8.99. The highest BCUT2D eigenvalue weighted by Crippen LogP contribution is 2.36. The standard InChI is InChI=1S/C9H10O3/c1-6-2-7(4-10)9-8(3-6)11-5-12-9/h2-3,10H,4-5H2,1H3. The van der Waals surface area contributed by atoms with Gasteiger partial charge in [0.2, 0.25) is 6.79 Å². The molecule has 0 amide bonds. The van der Waals surface area contributed by atoms with E-state index in [-0.39, 0.29) is 13.4 Å². The zero-order valence-corrected chi connectivity index (χ0v) is 6.83. The summed E-state index contributed by atoms with van der Waals surface area (Å²) in [5.74, 6) is 1.42. The maximum absolute atomic E-state index is 8.99. The summed E-state index contributed by atoms with van der Waals surface area (Å²) in [4.78, 5) is 0. The van der Waals surface area contributed by atoms with Gasteiger partial charge in [-0.3, -0.25) is 0 Å². The van der Waals surface area contributed by atoms with Crippen molar-refractivity contribution in [3.8, 4) is 11.5 Å². The Morgan fingerprint density at radius 1 is 1.42 bits per heavy atom. The van der Waals surface area contributed by atoms with Crippen LogP contribution >= 0.6 is 0 Å². The van der Waals surface area contributed by atoms with E-state index in [4.69, 9.17) is 14.6 Å². The van der Waals surface area contributed by atoms with E-state index in [0.717, 1.165) is 16.9 Å². The molecule has 3 heteroatoms. The van der Waals surface area contributed by atoms with Crippen LogP contribution in [0.1, 0.15) is 11.1 Å². The maximum Gasteiger partial charge on any atom is 0.231 e. The monoisotopic (exact) mass is 166 g/mol. The number of aliphatic hydroxyl groups is 1. The molecule has 1 N–H and O–H groups in total. The summed E-state index contributed by atoms with van der Waals surface area (Å²) in [6, 6.07) is 3.80. The molecule has 2 rings (SSSR count). The Bertz CT molecular complexity index is 307. The van der Waals surface area contributed by atoms with Gasteiger partial charge in [-0.15, -0.1) is 0 Å². The molecule has 0 saturated carbocycles. The lowest BCUT2D eigenvalue weighted by Gasteiger charge is -2.03. The first-order valence-corrected chi connectivity index (χ1v) is 3.81. The van der Waals surface area contributed by atoms with E-state index in [1.165, 1.54) is 0 Å². The minimum absolute atomic E-state index is 0.00657. The molecule has 1 aromatic carbocycles. The Balaban J connectivity index is 2.55. The number of aryl methyl sites for hydroxylation is 1. The Morgan fingerprint density at radius 3 is 3.00 bits per heavy atom. The summed E-state index contributed by atoms with van der Waals surface area (Å²) >= 11 is 0. The molecular formula is C9H10O3. The molecule has 0 atom stereocenters. The zero-order chi connectivity index (χ0) is 8.55. The molecule has 0 spiro atoms. The SMILES string of the molecule is Cc1cc(CO)c2c(c1)OCO2. The average Bonchev–Trinajstić information content (AvgIpc) is 2.50. The van der Waals surface area contributed by atoms with E-state index in [9.17, 15) is 0 Å². The van der Waals surface area contributed by atoms with Gasteiger partial charge < -0.3 is 14.6 Å². The van der Waals surface area contributed by atoms with Gasteiger partial charge in [-0.25, -0.2) is 0 Å². The van der Waals surface area contributed by atoms with Gasteiger partial charge in [-0.05, 0) is 24.6 Å². The molecule has 0 aliphatic carbocycles. The van der Waals surface area contributed by atoms with Gasteiger partial charge in [-0.2, -0.15) is 0 Å². The second-order valence-electron chi connectivity index (χ2n) is 2.82. The molecule has 0 fully saturated rings. The minimum atomic E-state index is -0.00657. The third kappa shape index (κ3) is 1.02. The third-order valence-electron chi connectivity index (χ3n) is 1.86. The molecule has 64 valence electrons. The van der Waals surface area contributed by atoms with E-state index < -0.39 is 0 Å². The van der Waals surface area contributed by atoms with Crippen molar-refractivity contribution in [1.29, 1.82) is 0 Å². The highest BCUT2D eigenvalue weighted by Gasteiger charge is 2.17. The lowest BCUT2D eigenvalue weighted by Crippen LogP contribution is -1.94. The fourth-order valence-electron chi connectivity index (χ4n) is 1.35. The molecule has 1 aliphatic rings. The molecule has 12 heavy (non-hydrogen) atoms. The topological polar surface area (TPSA) is 38.7 Å². The number of rotatable bonds is 1. The number of hydrogen-bond acceptors (Lipinski definition) is 3. The van der Waals surface area contributed by atoms with Crippen LogP contribution in [0, 0.1) is 6.92 Å². The van der Waals surface area contributed by atoms with Gasteiger partial charge in [-0.1, -0.05) is 0 Å². The number of ether oxygens (including phenoxy) is 2. The molecule has 1 heterocycles. The predicted molar refractivity (Wildman–Crippen MR) is 43.2 cm³/mol. The number of hydrogen-bond donors (Lipinski definition) is 1. The van der Waals surface area contributed by atoms with Gasteiger partial charge in [0.05, 0.1) is 6.61 Å². The van der Waals surface area contributed by atoms with Gasteiger partial charge in [0.15, 0.2) is 11.5 Å². The normalized spacial score (nSPS) is 13.5. The van der Waals surface area contributed by atoms with Crippen LogP contribution in [0.4, 0.5) is 0 Å². The lowest BCUT2D eigenvalue weighted by molar-refractivity contribution is 0.171. The van der Waals surface area contributed by atoms with E-state index in [1.54, 1.807) is 0 Å². The average molecular weight is 166 g/mol. The van der Waals surface area contributed by atoms with Crippen LogP contribution < -0.4 is 9.47 Å². The first-order chi connectivity index (χ1) is 5.81. The second kappa shape index (κ2) is 2.68. The van der Waals surface area contributed by atoms with Crippen LogP contribution in [0.2, 0.25) is 0 Å². The molecular weight excluding hydrogens is 156 g/mol. The first-order valence-electron chi connectivity index (χ1n) is 3.81. The summed E-state index contributed by atoms with van der Waals surface area (Å²) in [7, 11) is 0. The highest BCUT2D eigenvalue weighted by molar-refractivity contribution is 5.50. The van der Waals surface area contributed by atoms with E-state index in [0.29, 0.717) is 5.75 Å².